The van der Waals surface area contributed by atoms with Gasteiger partial charge in [-0.2, -0.15) is 10.4 Å². The Kier molecular flexibility index (Phi) is 6.25. The predicted octanol–water partition coefficient (Wildman–Crippen LogP) is 3.54. The van der Waals surface area contributed by atoms with Crippen LogP contribution in [0.3, 0.4) is 0 Å². The van der Waals surface area contributed by atoms with Crippen molar-refractivity contribution in [2.45, 2.75) is 71.3 Å². The molecule has 1 aromatic heterocycles. The highest BCUT2D eigenvalue weighted by Crippen LogP contribution is 2.27. The van der Waals surface area contributed by atoms with Crippen LogP contribution < -0.4 is 5.32 Å². The smallest absolute Gasteiger partial charge is 0.167 e. The third kappa shape index (κ3) is 4.30. The SMILES string of the molecule is CCc1nnc(NC2CCN(CC3CCCC3)CC2)c(C#N)c1CC. The van der Waals surface area contributed by atoms with Gasteiger partial charge >= 0.3 is 0 Å². The number of hydrogen-bond acceptors (Lipinski definition) is 5. The molecule has 2 fully saturated rings. The van der Waals surface area contributed by atoms with Crippen LogP contribution in [0.15, 0.2) is 0 Å². The Balaban J connectivity index is 1.59. The predicted molar refractivity (Wildman–Crippen MR) is 101 cm³/mol. The van der Waals surface area contributed by atoms with Gasteiger partial charge in [0.2, 0.25) is 0 Å². The molecule has 136 valence electrons. The monoisotopic (exact) mass is 341 g/mol. The van der Waals surface area contributed by atoms with Crippen molar-refractivity contribution >= 4 is 5.82 Å². The summed E-state index contributed by atoms with van der Waals surface area (Å²) in [6, 6.07) is 2.76. The molecule has 2 aliphatic rings. The van der Waals surface area contributed by atoms with E-state index in [2.05, 4.69) is 40.3 Å². The van der Waals surface area contributed by atoms with E-state index < -0.39 is 0 Å². The maximum absolute atomic E-state index is 9.62. The molecule has 1 aliphatic carbocycles. The zero-order chi connectivity index (χ0) is 17.6. The summed E-state index contributed by atoms with van der Waals surface area (Å²) in [4.78, 5) is 2.63. The normalized spacial score (nSPS) is 19.9. The number of aromatic nitrogens is 2. The van der Waals surface area contributed by atoms with Crippen molar-refractivity contribution in [3.63, 3.8) is 0 Å². The minimum absolute atomic E-state index is 0.401. The second kappa shape index (κ2) is 8.62. The minimum Gasteiger partial charge on any atom is -0.365 e. The first-order valence-electron chi connectivity index (χ1n) is 10.0. The van der Waals surface area contributed by atoms with E-state index in [9.17, 15) is 5.26 Å². The molecule has 5 heteroatoms. The van der Waals surface area contributed by atoms with E-state index in [1.165, 1.54) is 32.2 Å². The largest absolute Gasteiger partial charge is 0.365 e. The van der Waals surface area contributed by atoms with E-state index in [0.717, 1.165) is 55.9 Å². The number of nitrogens with one attached hydrogen (secondary N) is 1. The highest BCUT2D eigenvalue weighted by Gasteiger charge is 2.24. The topological polar surface area (TPSA) is 64.8 Å². The van der Waals surface area contributed by atoms with E-state index >= 15 is 0 Å². The molecule has 5 nitrogen and oxygen atoms in total. The van der Waals surface area contributed by atoms with Crippen molar-refractivity contribution in [1.29, 1.82) is 5.26 Å². The maximum Gasteiger partial charge on any atom is 0.167 e. The van der Waals surface area contributed by atoms with E-state index in [0.29, 0.717) is 17.4 Å². The summed E-state index contributed by atoms with van der Waals surface area (Å²) in [6.07, 6.45) is 9.58. The first-order valence-corrected chi connectivity index (χ1v) is 10.0. The van der Waals surface area contributed by atoms with Crippen LogP contribution in [-0.4, -0.2) is 40.8 Å². The summed E-state index contributed by atoms with van der Waals surface area (Å²) in [5, 5.41) is 21.8. The van der Waals surface area contributed by atoms with Gasteiger partial charge in [0.05, 0.1) is 5.69 Å². The molecule has 1 saturated heterocycles. The standard InChI is InChI=1S/C20H31N5/c1-3-17-18(13-21)20(24-23-19(17)4-2)22-16-9-11-25(12-10-16)14-15-7-5-6-8-15/h15-16H,3-12,14H2,1-2H3,(H,22,24). The molecule has 0 atom stereocenters. The molecule has 0 unspecified atom stereocenters. The van der Waals surface area contributed by atoms with Gasteiger partial charge in [0.1, 0.15) is 11.6 Å². The van der Waals surface area contributed by atoms with Crippen molar-refractivity contribution in [3.05, 3.63) is 16.8 Å². The average molecular weight is 342 g/mol. The highest BCUT2D eigenvalue weighted by atomic mass is 15.2. The molecule has 0 aromatic carbocycles. The van der Waals surface area contributed by atoms with E-state index in [1.54, 1.807) is 0 Å². The van der Waals surface area contributed by atoms with Gasteiger partial charge in [-0.1, -0.05) is 26.7 Å². The van der Waals surface area contributed by atoms with Crippen molar-refractivity contribution in [3.8, 4) is 6.07 Å². The number of likely N-dealkylation sites (tertiary alicyclic amines) is 1. The fraction of sp³-hybridized carbons (Fsp3) is 0.750. The quantitative estimate of drug-likeness (QED) is 0.857. The van der Waals surface area contributed by atoms with Gasteiger partial charge in [0.25, 0.3) is 0 Å². The van der Waals surface area contributed by atoms with Crippen molar-refractivity contribution in [2.24, 2.45) is 5.92 Å². The molecule has 0 radical (unpaired) electrons. The van der Waals surface area contributed by atoms with E-state index in [-0.39, 0.29) is 0 Å². The molecular formula is C20H31N5. The lowest BCUT2D eigenvalue weighted by Crippen LogP contribution is -2.41. The molecule has 1 N–H and O–H groups in total. The molecule has 1 saturated carbocycles. The third-order valence-corrected chi connectivity index (χ3v) is 5.88. The van der Waals surface area contributed by atoms with Crippen molar-refractivity contribution < 1.29 is 0 Å². The zero-order valence-electron chi connectivity index (χ0n) is 15.7. The Hall–Kier alpha value is -1.67. The first-order chi connectivity index (χ1) is 12.2. The minimum atomic E-state index is 0.401. The summed E-state index contributed by atoms with van der Waals surface area (Å²) >= 11 is 0. The summed E-state index contributed by atoms with van der Waals surface area (Å²) in [5.74, 6) is 1.61. The van der Waals surface area contributed by atoms with Crippen LogP contribution in [0.4, 0.5) is 5.82 Å². The Labute approximate surface area is 151 Å². The Morgan fingerprint density at radius 3 is 2.40 bits per heavy atom. The van der Waals surface area contributed by atoms with Crippen LogP contribution in [0.1, 0.15) is 69.2 Å². The zero-order valence-corrected chi connectivity index (χ0v) is 15.7. The molecule has 3 rings (SSSR count). The fourth-order valence-corrected chi connectivity index (χ4v) is 4.41. The van der Waals surface area contributed by atoms with Gasteiger partial charge in [0.15, 0.2) is 5.82 Å². The number of hydrogen-bond donors (Lipinski definition) is 1. The Bertz CT molecular complexity index is 607. The molecule has 0 amide bonds. The molecule has 0 spiro atoms. The fourth-order valence-electron chi connectivity index (χ4n) is 4.41. The summed E-state index contributed by atoms with van der Waals surface area (Å²) in [6.45, 7) is 7.73. The van der Waals surface area contributed by atoms with Gasteiger partial charge in [-0.25, -0.2) is 0 Å². The van der Waals surface area contributed by atoms with Crippen LogP contribution >= 0.6 is 0 Å². The van der Waals surface area contributed by atoms with Gasteiger partial charge < -0.3 is 10.2 Å². The summed E-state index contributed by atoms with van der Waals surface area (Å²) in [7, 11) is 0. The van der Waals surface area contributed by atoms with Crippen LogP contribution in [0, 0.1) is 17.2 Å². The molecule has 1 aliphatic heterocycles. The molecular weight excluding hydrogens is 310 g/mol. The van der Waals surface area contributed by atoms with Crippen LogP contribution in [0.5, 0.6) is 0 Å². The second-order valence-electron chi connectivity index (χ2n) is 7.54. The third-order valence-electron chi connectivity index (χ3n) is 5.88. The lowest BCUT2D eigenvalue weighted by molar-refractivity contribution is 0.189. The van der Waals surface area contributed by atoms with Crippen molar-refractivity contribution in [2.75, 3.05) is 25.0 Å². The Morgan fingerprint density at radius 1 is 1.08 bits per heavy atom. The van der Waals surface area contributed by atoms with Gasteiger partial charge in [-0.3, -0.25) is 0 Å². The lowest BCUT2D eigenvalue weighted by Gasteiger charge is -2.34. The maximum atomic E-state index is 9.62. The second-order valence-corrected chi connectivity index (χ2v) is 7.54. The Morgan fingerprint density at radius 2 is 1.80 bits per heavy atom. The van der Waals surface area contributed by atoms with Crippen LogP contribution in [0.2, 0.25) is 0 Å². The lowest BCUT2D eigenvalue weighted by atomic mass is 10.0. The first kappa shape index (κ1) is 18.1. The average Bonchev–Trinajstić information content (AvgIpc) is 3.15. The summed E-state index contributed by atoms with van der Waals surface area (Å²) < 4.78 is 0. The van der Waals surface area contributed by atoms with Gasteiger partial charge in [-0.15, -0.1) is 5.10 Å². The number of anilines is 1. The number of nitrogens with zero attached hydrogens (tertiary/aromatic N) is 4. The summed E-state index contributed by atoms with van der Waals surface area (Å²) in [5.41, 5.74) is 2.71. The number of rotatable bonds is 6. The molecule has 2 heterocycles. The van der Waals surface area contributed by atoms with Crippen LogP contribution in [0.25, 0.3) is 0 Å². The van der Waals surface area contributed by atoms with Gasteiger partial charge in [0, 0.05) is 25.7 Å². The molecule has 0 bridgehead atoms. The highest BCUT2D eigenvalue weighted by molar-refractivity contribution is 5.57. The number of aryl methyl sites for hydroxylation is 1. The van der Waals surface area contributed by atoms with Crippen molar-refractivity contribution in [1.82, 2.24) is 15.1 Å². The number of nitriles is 1. The van der Waals surface area contributed by atoms with E-state index in [4.69, 9.17) is 0 Å². The number of piperidine rings is 1. The molecule has 25 heavy (non-hydrogen) atoms. The van der Waals surface area contributed by atoms with E-state index in [1.807, 2.05) is 0 Å². The van der Waals surface area contributed by atoms with Crippen LogP contribution in [-0.2, 0) is 12.8 Å². The van der Waals surface area contributed by atoms with Gasteiger partial charge in [-0.05, 0) is 50.0 Å². The molecule has 1 aromatic rings.